The van der Waals surface area contributed by atoms with Gasteiger partial charge in [-0.15, -0.1) is 0 Å². The minimum Gasteiger partial charge on any atom is -0.383 e. The van der Waals surface area contributed by atoms with Crippen LogP contribution in [0.3, 0.4) is 0 Å². The van der Waals surface area contributed by atoms with Gasteiger partial charge in [0.05, 0.1) is 0 Å². The Labute approximate surface area is 98.5 Å². The van der Waals surface area contributed by atoms with E-state index in [1.165, 1.54) is 0 Å². The molecule has 14 heavy (non-hydrogen) atoms. The summed E-state index contributed by atoms with van der Waals surface area (Å²) in [5.74, 6) is 0. The van der Waals surface area contributed by atoms with Gasteiger partial charge in [0.15, 0.2) is 0 Å². The number of hydrogen-bond acceptors (Lipinski definition) is 2. The van der Waals surface area contributed by atoms with Crippen LogP contribution in [-0.4, -0.2) is 10.2 Å². The minimum absolute atomic E-state index is 0.587. The van der Waals surface area contributed by atoms with Crippen molar-refractivity contribution in [3.63, 3.8) is 0 Å². The molecule has 2 atom stereocenters. The van der Waals surface area contributed by atoms with E-state index < -0.39 is 12.2 Å². The van der Waals surface area contributed by atoms with Crippen molar-refractivity contribution in [2.24, 2.45) is 0 Å². The van der Waals surface area contributed by atoms with Crippen LogP contribution in [-0.2, 0) is 0 Å². The second-order valence-electron chi connectivity index (χ2n) is 3.13. The molecule has 1 aromatic carbocycles. The second-order valence-corrected chi connectivity index (χ2v) is 4.84. The van der Waals surface area contributed by atoms with Gasteiger partial charge in [0.2, 0.25) is 0 Å². The van der Waals surface area contributed by atoms with Crippen LogP contribution in [0.25, 0.3) is 0 Å². The normalized spacial score (nSPS) is 26.3. The second kappa shape index (κ2) is 3.77. The Morgan fingerprint density at radius 2 is 1.21 bits per heavy atom. The molecule has 0 fully saturated rings. The first-order chi connectivity index (χ1) is 6.63. The number of hydrogen-bond donors (Lipinski definition) is 2. The molecule has 2 unspecified atom stereocenters. The van der Waals surface area contributed by atoms with Crippen molar-refractivity contribution in [3.8, 4) is 0 Å². The quantitative estimate of drug-likeness (QED) is 0.772. The fourth-order valence-electron chi connectivity index (χ4n) is 1.54. The van der Waals surface area contributed by atoms with E-state index in [9.17, 15) is 10.2 Å². The molecule has 2 N–H and O–H groups in total. The molecule has 74 valence electrons. The van der Waals surface area contributed by atoms with E-state index in [4.69, 9.17) is 0 Å². The fraction of sp³-hybridized carbons (Fsp3) is 0.200. The maximum absolute atomic E-state index is 9.87. The summed E-state index contributed by atoms with van der Waals surface area (Å²) in [4.78, 5) is 0. The van der Waals surface area contributed by atoms with Gasteiger partial charge in [0, 0.05) is 8.96 Å². The van der Waals surface area contributed by atoms with Crippen LogP contribution < -0.4 is 0 Å². The van der Waals surface area contributed by atoms with Gasteiger partial charge in [0.25, 0.3) is 0 Å². The zero-order valence-electron chi connectivity index (χ0n) is 7.11. The highest BCUT2D eigenvalue weighted by atomic mass is 79.9. The number of rotatable bonds is 0. The van der Waals surface area contributed by atoms with Crippen LogP contribution in [0.15, 0.2) is 33.2 Å². The Morgan fingerprint density at radius 1 is 0.857 bits per heavy atom. The zero-order chi connectivity index (χ0) is 10.3. The van der Waals surface area contributed by atoms with Crippen LogP contribution in [0, 0.1) is 0 Å². The van der Waals surface area contributed by atoms with Crippen molar-refractivity contribution in [1.82, 2.24) is 0 Å². The summed E-state index contributed by atoms with van der Waals surface area (Å²) in [6.45, 7) is 0. The van der Waals surface area contributed by atoms with Gasteiger partial charge in [-0.25, -0.2) is 0 Å². The molecule has 0 heterocycles. The van der Waals surface area contributed by atoms with Gasteiger partial charge in [-0.3, -0.25) is 0 Å². The molecule has 0 saturated carbocycles. The summed E-state index contributed by atoms with van der Waals surface area (Å²) >= 11 is 6.50. The molecule has 2 rings (SSSR count). The minimum atomic E-state index is -0.691. The molecule has 1 aromatic rings. The van der Waals surface area contributed by atoms with Gasteiger partial charge in [0.1, 0.15) is 12.2 Å². The van der Waals surface area contributed by atoms with Crippen molar-refractivity contribution in [2.45, 2.75) is 12.2 Å². The maximum Gasteiger partial charge on any atom is 0.112 e. The molecule has 0 aliphatic heterocycles. The summed E-state index contributed by atoms with van der Waals surface area (Å²) in [5, 5.41) is 19.7. The molecule has 4 heteroatoms. The van der Waals surface area contributed by atoms with E-state index in [1.54, 1.807) is 0 Å². The highest BCUT2D eigenvalue weighted by Gasteiger charge is 2.29. The lowest BCUT2D eigenvalue weighted by Gasteiger charge is -2.26. The van der Waals surface area contributed by atoms with Crippen LogP contribution in [0.1, 0.15) is 23.3 Å². The predicted octanol–water partition coefficient (Wildman–Crippen LogP) is 2.77. The molecular weight excluding hydrogens is 312 g/mol. The van der Waals surface area contributed by atoms with E-state index in [0.29, 0.717) is 8.96 Å². The highest BCUT2D eigenvalue weighted by Crippen LogP contribution is 2.44. The van der Waals surface area contributed by atoms with Crippen molar-refractivity contribution in [3.05, 3.63) is 44.4 Å². The van der Waals surface area contributed by atoms with Crippen molar-refractivity contribution in [2.75, 3.05) is 0 Å². The van der Waals surface area contributed by atoms with E-state index >= 15 is 0 Å². The molecule has 1 aliphatic rings. The standard InChI is InChI=1S/C10H8Br2O2/c11-7-8(12)10(14)6-4-2-1-3-5(6)9(7)13/h1-4,9-10,13-14H. The molecule has 0 spiro atoms. The first-order valence-corrected chi connectivity index (χ1v) is 5.71. The predicted molar refractivity (Wildman–Crippen MR) is 61.2 cm³/mol. The zero-order valence-corrected chi connectivity index (χ0v) is 10.3. The monoisotopic (exact) mass is 318 g/mol. The number of aliphatic hydroxyl groups is 2. The van der Waals surface area contributed by atoms with Gasteiger partial charge in [-0.1, -0.05) is 56.1 Å². The van der Waals surface area contributed by atoms with Crippen LogP contribution in [0.4, 0.5) is 0 Å². The molecule has 0 bridgehead atoms. The lowest BCUT2D eigenvalue weighted by atomic mass is 9.93. The van der Waals surface area contributed by atoms with Crippen molar-refractivity contribution in [1.29, 1.82) is 0 Å². The van der Waals surface area contributed by atoms with Crippen LogP contribution in [0.2, 0.25) is 0 Å². The van der Waals surface area contributed by atoms with Crippen LogP contribution >= 0.6 is 31.9 Å². The molecule has 0 amide bonds. The molecule has 1 aliphatic carbocycles. The van der Waals surface area contributed by atoms with E-state index in [-0.39, 0.29) is 0 Å². The molecule has 0 aromatic heterocycles. The third-order valence-corrected chi connectivity index (χ3v) is 4.55. The smallest absolute Gasteiger partial charge is 0.112 e. The summed E-state index contributed by atoms with van der Waals surface area (Å²) in [5.41, 5.74) is 1.49. The average molecular weight is 320 g/mol. The van der Waals surface area contributed by atoms with Crippen LogP contribution in [0.5, 0.6) is 0 Å². The van der Waals surface area contributed by atoms with E-state index in [1.807, 2.05) is 24.3 Å². The average Bonchev–Trinajstić information content (AvgIpc) is 2.23. The number of benzene rings is 1. The summed E-state index contributed by atoms with van der Waals surface area (Å²) in [7, 11) is 0. The topological polar surface area (TPSA) is 40.5 Å². The van der Waals surface area contributed by atoms with Gasteiger partial charge in [-0.2, -0.15) is 0 Å². The summed E-state index contributed by atoms with van der Waals surface area (Å²) in [6, 6.07) is 7.30. The Kier molecular flexibility index (Phi) is 2.79. The lowest BCUT2D eigenvalue weighted by Crippen LogP contribution is -2.14. The Hall–Kier alpha value is -0.160. The number of halogens is 2. The Morgan fingerprint density at radius 3 is 1.57 bits per heavy atom. The van der Waals surface area contributed by atoms with E-state index in [2.05, 4.69) is 31.9 Å². The maximum atomic E-state index is 9.87. The van der Waals surface area contributed by atoms with Gasteiger partial charge >= 0.3 is 0 Å². The number of aliphatic hydroxyl groups excluding tert-OH is 2. The first-order valence-electron chi connectivity index (χ1n) is 4.13. The summed E-state index contributed by atoms with van der Waals surface area (Å²) in [6.07, 6.45) is -1.38. The third-order valence-electron chi connectivity index (χ3n) is 2.29. The SMILES string of the molecule is OC1C(Br)=C(Br)C(O)c2ccccc21. The van der Waals surface area contributed by atoms with Gasteiger partial charge in [-0.05, 0) is 11.1 Å². The first kappa shape index (κ1) is 10.4. The molecule has 2 nitrogen and oxygen atoms in total. The van der Waals surface area contributed by atoms with Crippen molar-refractivity contribution < 1.29 is 10.2 Å². The largest absolute Gasteiger partial charge is 0.383 e. The molecule has 0 saturated heterocycles. The highest BCUT2D eigenvalue weighted by molar-refractivity contribution is 9.14. The molecule has 0 radical (unpaired) electrons. The van der Waals surface area contributed by atoms with Gasteiger partial charge < -0.3 is 10.2 Å². The number of fused-ring (bicyclic) bond motifs is 1. The molecular formula is C10H8Br2O2. The van der Waals surface area contributed by atoms with E-state index in [0.717, 1.165) is 11.1 Å². The Balaban J connectivity index is 2.61. The fourth-order valence-corrected chi connectivity index (χ4v) is 2.47. The lowest BCUT2D eigenvalue weighted by molar-refractivity contribution is 0.184. The third kappa shape index (κ3) is 1.46. The van der Waals surface area contributed by atoms with Crippen molar-refractivity contribution >= 4 is 31.9 Å². The summed E-state index contributed by atoms with van der Waals surface area (Å²) < 4.78 is 1.17. The Bertz CT molecular complexity index is 364.